The highest BCUT2D eigenvalue weighted by atomic mass is 79.9. The number of hydrogen-bond acceptors (Lipinski definition) is 2. The Kier molecular flexibility index (Phi) is 3.95. The van der Waals surface area contributed by atoms with Crippen LogP contribution in [-0.2, 0) is 4.79 Å². The summed E-state index contributed by atoms with van der Waals surface area (Å²) in [5, 5.41) is 3.39. The second kappa shape index (κ2) is 5.31. The van der Waals surface area contributed by atoms with Crippen LogP contribution in [0.25, 0.3) is 0 Å². The molecule has 0 aliphatic heterocycles. The molecule has 1 aromatic rings. The van der Waals surface area contributed by atoms with Crippen LogP contribution in [-0.4, -0.2) is 11.4 Å². The molecular weight excluding hydrogens is 292 g/mol. The highest BCUT2D eigenvalue weighted by Crippen LogP contribution is 2.37. The predicted octanol–water partition coefficient (Wildman–Crippen LogP) is 3.30. The summed E-state index contributed by atoms with van der Waals surface area (Å²) in [6.45, 7) is 2.10. The summed E-state index contributed by atoms with van der Waals surface area (Å²) in [4.78, 5) is 11.9. The lowest BCUT2D eigenvalue weighted by molar-refractivity contribution is -0.124. The number of nitrogens with one attached hydrogen (secondary N) is 1. The Morgan fingerprint density at radius 2 is 2.17 bits per heavy atom. The summed E-state index contributed by atoms with van der Waals surface area (Å²) < 4.78 is 0.961. The van der Waals surface area contributed by atoms with Crippen molar-refractivity contribution in [2.45, 2.75) is 38.1 Å². The van der Waals surface area contributed by atoms with Crippen molar-refractivity contribution in [1.29, 1.82) is 0 Å². The second-order valence-corrected chi connectivity index (χ2v) is 5.94. The SMILES string of the molecule is CC1CCCCC1(Nc1ccccc1Br)C(N)=O. The lowest BCUT2D eigenvalue weighted by Gasteiger charge is -2.41. The van der Waals surface area contributed by atoms with Crippen LogP contribution in [0.4, 0.5) is 5.69 Å². The maximum absolute atomic E-state index is 11.9. The molecule has 2 atom stereocenters. The van der Waals surface area contributed by atoms with E-state index in [-0.39, 0.29) is 11.8 Å². The minimum absolute atomic E-state index is 0.245. The predicted molar refractivity (Wildman–Crippen MR) is 77.3 cm³/mol. The summed E-state index contributed by atoms with van der Waals surface area (Å²) in [6, 6.07) is 7.84. The van der Waals surface area contributed by atoms with Gasteiger partial charge in [-0.25, -0.2) is 0 Å². The summed E-state index contributed by atoms with van der Waals surface area (Å²) in [5.74, 6) is 0.0151. The molecule has 1 amide bonds. The van der Waals surface area contributed by atoms with E-state index < -0.39 is 5.54 Å². The monoisotopic (exact) mass is 310 g/mol. The molecule has 0 bridgehead atoms. The smallest absolute Gasteiger partial charge is 0.243 e. The molecule has 18 heavy (non-hydrogen) atoms. The van der Waals surface area contributed by atoms with Gasteiger partial charge in [-0.2, -0.15) is 0 Å². The fourth-order valence-corrected chi connectivity index (χ4v) is 3.15. The van der Waals surface area contributed by atoms with Crippen LogP contribution >= 0.6 is 15.9 Å². The van der Waals surface area contributed by atoms with Crippen LogP contribution in [0.1, 0.15) is 32.6 Å². The fraction of sp³-hybridized carbons (Fsp3) is 0.500. The number of benzene rings is 1. The molecule has 1 fully saturated rings. The van der Waals surface area contributed by atoms with Crippen molar-refractivity contribution in [3.05, 3.63) is 28.7 Å². The van der Waals surface area contributed by atoms with Crippen molar-refractivity contribution in [2.24, 2.45) is 11.7 Å². The van der Waals surface area contributed by atoms with Gasteiger partial charge < -0.3 is 11.1 Å². The highest BCUT2D eigenvalue weighted by molar-refractivity contribution is 9.10. The molecule has 2 rings (SSSR count). The van der Waals surface area contributed by atoms with E-state index >= 15 is 0 Å². The van der Waals surface area contributed by atoms with Crippen molar-refractivity contribution in [3.8, 4) is 0 Å². The topological polar surface area (TPSA) is 55.1 Å². The number of anilines is 1. The van der Waals surface area contributed by atoms with E-state index in [0.29, 0.717) is 0 Å². The third-order valence-electron chi connectivity index (χ3n) is 3.97. The van der Waals surface area contributed by atoms with Gasteiger partial charge in [0, 0.05) is 10.2 Å². The maximum Gasteiger partial charge on any atom is 0.243 e. The van der Waals surface area contributed by atoms with Crippen LogP contribution in [0.15, 0.2) is 28.7 Å². The number of halogens is 1. The molecule has 3 N–H and O–H groups in total. The first kappa shape index (κ1) is 13.4. The third kappa shape index (κ3) is 2.39. The molecule has 1 aliphatic carbocycles. The Bertz CT molecular complexity index is 449. The zero-order chi connectivity index (χ0) is 13.2. The molecule has 1 aromatic carbocycles. The van der Waals surface area contributed by atoms with Gasteiger partial charge in [-0.05, 0) is 46.8 Å². The van der Waals surface area contributed by atoms with Crippen LogP contribution in [0.5, 0.6) is 0 Å². The largest absolute Gasteiger partial charge is 0.370 e. The molecule has 0 spiro atoms. The lowest BCUT2D eigenvalue weighted by Crippen LogP contribution is -2.56. The van der Waals surface area contributed by atoms with Gasteiger partial charge in [0.1, 0.15) is 5.54 Å². The van der Waals surface area contributed by atoms with Crippen molar-refractivity contribution < 1.29 is 4.79 Å². The summed E-state index contributed by atoms with van der Waals surface area (Å²) >= 11 is 3.50. The van der Waals surface area contributed by atoms with E-state index in [1.165, 1.54) is 6.42 Å². The van der Waals surface area contributed by atoms with Gasteiger partial charge in [-0.3, -0.25) is 4.79 Å². The standard InChI is InChI=1S/C14H19BrN2O/c1-10-6-4-5-9-14(10,13(16)18)17-12-8-3-2-7-11(12)15/h2-3,7-8,10,17H,4-6,9H2,1H3,(H2,16,18). The Hall–Kier alpha value is -1.03. The minimum atomic E-state index is -0.609. The van der Waals surface area contributed by atoms with Crippen molar-refractivity contribution >= 4 is 27.5 Å². The van der Waals surface area contributed by atoms with E-state index in [4.69, 9.17) is 5.73 Å². The number of rotatable bonds is 3. The molecule has 0 radical (unpaired) electrons. The number of hydrogen-bond donors (Lipinski definition) is 2. The van der Waals surface area contributed by atoms with E-state index in [1.54, 1.807) is 0 Å². The average molecular weight is 311 g/mol. The minimum Gasteiger partial charge on any atom is -0.370 e. The van der Waals surface area contributed by atoms with Crippen LogP contribution in [0.2, 0.25) is 0 Å². The van der Waals surface area contributed by atoms with Gasteiger partial charge >= 0.3 is 0 Å². The molecule has 4 heteroatoms. The number of para-hydroxylation sites is 1. The molecule has 0 aromatic heterocycles. The molecule has 2 unspecified atom stereocenters. The Balaban J connectivity index is 2.32. The highest BCUT2D eigenvalue weighted by Gasteiger charge is 2.43. The van der Waals surface area contributed by atoms with Crippen LogP contribution < -0.4 is 11.1 Å². The van der Waals surface area contributed by atoms with Crippen molar-refractivity contribution in [3.63, 3.8) is 0 Å². The number of amides is 1. The van der Waals surface area contributed by atoms with E-state index in [2.05, 4.69) is 28.2 Å². The van der Waals surface area contributed by atoms with Gasteiger partial charge in [-0.1, -0.05) is 31.9 Å². The van der Waals surface area contributed by atoms with Gasteiger partial charge in [0.2, 0.25) is 5.91 Å². The molecule has 1 aliphatic rings. The quantitative estimate of drug-likeness (QED) is 0.900. The van der Waals surface area contributed by atoms with E-state index in [1.807, 2.05) is 24.3 Å². The van der Waals surface area contributed by atoms with Crippen molar-refractivity contribution in [2.75, 3.05) is 5.32 Å². The zero-order valence-electron chi connectivity index (χ0n) is 10.6. The summed E-state index contributed by atoms with van der Waals surface area (Å²) in [6.07, 6.45) is 4.07. The molecule has 98 valence electrons. The summed E-state index contributed by atoms with van der Waals surface area (Å²) in [7, 11) is 0. The average Bonchev–Trinajstić information content (AvgIpc) is 2.34. The number of primary amides is 1. The first-order valence-corrected chi connectivity index (χ1v) is 7.18. The van der Waals surface area contributed by atoms with Crippen molar-refractivity contribution in [1.82, 2.24) is 0 Å². The first-order chi connectivity index (χ1) is 8.56. The Labute approximate surface area is 116 Å². The zero-order valence-corrected chi connectivity index (χ0v) is 12.2. The number of nitrogens with two attached hydrogens (primary N) is 1. The molecular formula is C14H19BrN2O. The third-order valence-corrected chi connectivity index (χ3v) is 4.66. The fourth-order valence-electron chi connectivity index (χ4n) is 2.76. The Morgan fingerprint density at radius 1 is 1.44 bits per heavy atom. The van der Waals surface area contributed by atoms with Gasteiger partial charge in [0.05, 0.1) is 0 Å². The van der Waals surface area contributed by atoms with Gasteiger partial charge in [0.15, 0.2) is 0 Å². The first-order valence-electron chi connectivity index (χ1n) is 6.39. The lowest BCUT2D eigenvalue weighted by atomic mass is 9.73. The molecule has 0 heterocycles. The van der Waals surface area contributed by atoms with Crippen LogP contribution in [0, 0.1) is 5.92 Å². The molecule has 0 saturated heterocycles. The van der Waals surface area contributed by atoms with Gasteiger partial charge in [-0.15, -0.1) is 0 Å². The van der Waals surface area contributed by atoms with Gasteiger partial charge in [0.25, 0.3) is 0 Å². The number of carbonyl (C=O) groups excluding carboxylic acids is 1. The van der Waals surface area contributed by atoms with Crippen LogP contribution in [0.3, 0.4) is 0 Å². The van der Waals surface area contributed by atoms with E-state index in [0.717, 1.165) is 29.4 Å². The molecule has 3 nitrogen and oxygen atoms in total. The normalized spacial score (nSPS) is 27.8. The second-order valence-electron chi connectivity index (χ2n) is 5.09. The Morgan fingerprint density at radius 3 is 2.78 bits per heavy atom. The number of carbonyl (C=O) groups is 1. The van der Waals surface area contributed by atoms with E-state index in [9.17, 15) is 4.79 Å². The maximum atomic E-state index is 11.9. The summed E-state index contributed by atoms with van der Waals surface area (Å²) in [5.41, 5.74) is 6.00. The molecule has 1 saturated carbocycles.